The Kier molecular flexibility index (Phi) is 3.73. The summed E-state index contributed by atoms with van der Waals surface area (Å²) in [5, 5.41) is 0. The maximum atomic E-state index is 4.17. The molecular weight excluding hydrogens is 252 g/mol. The molecule has 0 spiro atoms. The summed E-state index contributed by atoms with van der Waals surface area (Å²) in [6.07, 6.45) is 0. The maximum Gasteiger partial charge on any atom is 0.0487 e. The van der Waals surface area contributed by atoms with E-state index in [2.05, 4.69) is 60.3 Å². The largest absolute Gasteiger partial charge is 0.0955 e. The van der Waals surface area contributed by atoms with Crippen LogP contribution in [-0.2, 0) is 0 Å². The van der Waals surface area contributed by atoms with Crippen molar-refractivity contribution in [3.63, 3.8) is 0 Å². The van der Waals surface area contributed by atoms with Gasteiger partial charge in [0, 0.05) is 12.5 Å². The van der Waals surface area contributed by atoms with Crippen molar-refractivity contribution in [2.75, 3.05) is 0 Å². The summed E-state index contributed by atoms with van der Waals surface area (Å²) in [5.74, 6) is 0. The number of allylic oxidation sites excluding steroid dienone is 1. The Labute approximate surface area is 96.2 Å². The van der Waals surface area contributed by atoms with Crippen LogP contribution in [0.15, 0.2) is 35.3 Å². The van der Waals surface area contributed by atoms with Gasteiger partial charge in [0.2, 0.25) is 0 Å². The Morgan fingerprint density at radius 1 is 1.36 bits per heavy atom. The molecule has 0 radical (unpaired) electrons. The van der Waals surface area contributed by atoms with Gasteiger partial charge < -0.3 is 0 Å². The Hall–Kier alpha value is -0.343. The van der Waals surface area contributed by atoms with Crippen LogP contribution in [0.5, 0.6) is 0 Å². The van der Waals surface area contributed by atoms with E-state index in [-0.39, 0.29) is 0 Å². The summed E-state index contributed by atoms with van der Waals surface area (Å²) in [6.45, 7) is 11.3. The van der Waals surface area contributed by atoms with Crippen LogP contribution in [0.25, 0.3) is 5.57 Å². The molecule has 14 heavy (non-hydrogen) atoms. The van der Waals surface area contributed by atoms with Crippen LogP contribution < -0.4 is 0 Å². The second-order valence-corrected chi connectivity index (χ2v) is 11.2. The van der Waals surface area contributed by atoms with Crippen LogP contribution in [0.2, 0.25) is 25.7 Å². The average molecular weight is 269 g/mol. The molecule has 0 aliphatic heterocycles. The van der Waals surface area contributed by atoms with Gasteiger partial charge in [-0.1, -0.05) is 59.9 Å². The topological polar surface area (TPSA) is 0 Å². The molecule has 0 aliphatic carbocycles. The first kappa shape index (κ1) is 11.7. The first-order valence-electron chi connectivity index (χ1n) is 4.82. The molecule has 0 amide bonds. The van der Waals surface area contributed by atoms with E-state index in [1.165, 1.54) is 17.2 Å². The minimum Gasteiger partial charge on any atom is -0.0955 e. The number of benzene rings is 1. The number of hydrogen-bond acceptors (Lipinski definition) is 0. The second-order valence-electron chi connectivity index (χ2n) is 4.85. The minimum atomic E-state index is -1.04. The predicted octanol–water partition coefficient (Wildman–Crippen LogP) is 4.80. The third-order valence-electron chi connectivity index (χ3n) is 1.98. The summed E-state index contributed by atoms with van der Waals surface area (Å²) in [5.41, 5.74) is 2.53. The van der Waals surface area contributed by atoms with Crippen LogP contribution >= 0.6 is 15.9 Å². The SMILES string of the molecule is C=C(C[Si](C)(C)C)c1cccc(Br)c1. The lowest BCUT2D eigenvalue weighted by molar-refractivity contribution is 1.48. The summed E-state index contributed by atoms with van der Waals surface area (Å²) in [6, 6.07) is 9.55. The van der Waals surface area contributed by atoms with Gasteiger partial charge in [-0.15, -0.1) is 0 Å². The van der Waals surface area contributed by atoms with Gasteiger partial charge in [0.25, 0.3) is 0 Å². The van der Waals surface area contributed by atoms with Crippen molar-refractivity contribution < 1.29 is 0 Å². The average Bonchev–Trinajstić information content (AvgIpc) is 2.01. The van der Waals surface area contributed by atoms with E-state index < -0.39 is 8.07 Å². The third kappa shape index (κ3) is 3.80. The van der Waals surface area contributed by atoms with Gasteiger partial charge >= 0.3 is 0 Å². The van der Waals surface area contributed by atoms with Crippen molar-refractivity contribution in [3.8, 4) is 0 Å². The number of halogens is 1. The molecule has 0 bridgehead atoms. The number of rotatable bonds is 3. The molecule has 1 aromatic rings. The molecule has 1 rings (SSSR count). The Balaban J connectivity index is 2.80. The molecule has 0 aromatic heterocycles. The van der Waals surface area contributed by atoms with Gasteiger partial charge in [0.05, 0.1) is 0 Å². The number of hydrogen-bond donors (Lipinski definition) is 0. The van der Waals surface area contributed by atoms with Gasteiger partial charge in [0.15, 0.2) is 0 Å². The molecule has 0 heterocycles. The van der Waals surface area contributed by atoms with E-state index in [1.807, 2.05) is 6.07 Å². The van der Waals surface area contributed by atoms with Crippen molar-refractivity contribution in [2.45, 2.75) is 25.7 Å². The maximum absolute atomic E-state index is 4.17. The lowest BCUT2D eigenvalue weighted by Crippen LogP contribution is -2.19. The van der Waals surface area contributed by atoms with Crippen molar-refractivity contribution in [1.29, 1.82) is 0 Å². The molecule has 1 aromatic carbocycles. The highest BCUT2D eigenvalue weighted by atomic mass is 79.9. The Morgan fingerprint density at radius 3 is 2.50 bits per heavy atom. The minimum absolute atomic E-state index is 1.04. The van der Waals surface area contributed by atoms with Crippen LogP contribution in [0.3, 0.4) is 0 Å². The van der Waals surface area contributed by atoms with Crippen molar-refractivity contribution in [1.82, 2.24) is 0 Å². The van der Waals surface area contributed by atoms with E-state index in [0.29, 0.717) is 0 Å². The predicted molar refractivity (Wildman–Crippen MR) is 71.3 cm³/mol. The molecule has 0 unspecified atom stereocenters. The van der Waals surface area contributed by atoms with Crippen LogP contribution in [0.1, 0.15) is 5.56 Å². The lowest BCUT2D eigenvalue weighted by Gasteiger charge is -2.17. The van der Waals surface area contributed by atoms with Crippen LogP contribution in [0.4, 0.5) is 0 Å². The smallest absolute Gasteiger partial charge is 0.0487 e. The fraction of sp³-hybridized carbons (Fsp3) is 0.333. The summed E-state index contributed by atoms with van der Waals surface area (Å²) in [7, 11) is -1.04. The molecule has 0 saturated heterocycles. The van der Waals surface area contributed by atoms with Gasteiger partial charge in [-0.25, -0.2) is 0 Å². The summed E-state index contributed by atoms with van der Waals surface area (Å²) < 4.78 is 1.13. The molecule has 2 heteroatoms. The van der Waals surface area contributed by atoms with E-state index in [0.717, 1.165) is 4.47 Å². The zero-order chi connectivity index (χ0) is 10.8. The third-order valence-corrected chi connectivity index (χ3v) is 3.96. The van der Waals surface area contributed by atoms with Gasteiger partial charge in [-0.05, 0) is 23.7 Å². The molecule has 0 nitrogen and oxygen atoms in total. The second kappa shape index (κ2) is 4.45. The van der Waals surface area contributed by atoms with E-state index in [9.17, 15) is 0 Å². The highest BCUT2D eigenvalue weighted by Gasteiger charge is 2.15. The van der Waals surface area contributed by atoms with Crippen LogP contribution in [0, 0.1) is 0 Å². The van der Waals surface area contributed by atoms with Gasteiger partial charge in [0.1, 0.15) is 0 Å². The highest BCUT2D eigenvalue weighted by molar-refractivity contribution is 9.10. The van der Waals surface area contributed by atoms with Gasteiger partial charge in [-0.2, -0.15) is 0 Å². The first-order valence-corrected chi connectivity index (χ1v) is 9.32. The molecule has 0 aliphatic rings. The first-order chi connectivity index (χ1) is 6.38. The van der Waals surface area contributed by atoms with E-state index in [1.54, 1.807) is 0 Å². The summed E-state index contributed by atoms with van der Waals surface area (Å²) >= 11 is 3.48. The molecule has 0 fully saturated rings. The van der Waals surface area contributed by atoms with Crippen molar-refractivity contribution >= 4 is 29.6 Å². The van der Waals surface area contributed by atoms with E-state index in [4.69, 9.17) is 0 Å². The quantitative estimate of drug-likeness (QED) is 0.691. The molecule has 0 saturated carbocycles. The summed E-state index contributed by atoms with van der Waals surface area (Å²) in [4.78, 5) is 0. The van der Waals surface area contributed by atoms with Crippen molar-refractivity contribution in [2.24, 2.45) is 0 Å². The van der Waals surface area contributed by atoms with Crippen molar-refractivity contribution in [3.05, 3.63) is 40.9 Å². The lowest BCUT2D eigenvalue weighted by atomic mass is 10.1. The normalized spacial score (nSPS) is 11.4. The Morgan fingerprint density at radius 2 is 2.00 bits per heavy atom. The fourth-order valence-corrected chi connectivity index (χ4v) is 3.33. The monoisotopic (exact) mass is 268 g/mol. The molecular formula is C12H17BrSi. The molecule has 0 atom stereocenters. The van der Waals surface area contributed by atoms with Gasteiger partial charge in [-0.3, -0.25) is 0 Å². The highest BCUT2D eigenvalue weighted by Crippen LogP contribution is 2.25. The Bertz CT molecular complexity index is 336. The fourth-order valence-electron chi connectivity index (χ4n) is 1.45. The standard InChI is InChI=1S/C12H17BrSi/c1-10(9-14(2,3)4)11-6-5-7-12(13)8-11/h5-8H,1,9H2,2-4H3. The van der Waals surface area contributed by atoms with E-state index >= 15 is 0 Å². The molecule has 76 valence electrons. The van der Waals surface area contributed by atoms with Crippen LogP contribution in [-0.4, -0.2) is 8.07 Å². The molecule has 0 N–H and O–H groups in total. The zero-order valence-electron chi connectivity index (χ0n) is 9.10. The zero-order valence-corrected chi connectivity index (χ0v) is 11.7.